The molecule has 4 nitrogen and oxygen atoms in total. The van der Waals surface area contributed by atoms with Crippen LogP contribution in [0.1, 0.15) is 57.4 Å². The van der Waals surface area contributed by atoms with Crippen molar-refractivity contribution < 1.29 is 0 Å². The predicted molar refractivity (Wildman–Crippen MR) is 82.8 cm³/mol. The van der Waals surface area contributed by atoms with Crippen molar-refractivity contribution in [3.63, 3.8) is 0 Å². The molecule has 4 heteroatoms. The van der Waals surface area contributed by atoms with Crippen LogP contribution in [0.3, 0.4) is 0 Å². The topological polar surface area (TPSA) is 56.7 Å². The molecule has 0 aliphatic heterocycles. The Hall–Kier alpha value is -1.84. The van der Waals surface area contributed by atoms with Crippen LogP contribution >= 0.6 is 0 Å². The SMILES string of the molecule is CC(C)c1ccc(Cn2nnc(N)c2C(C)(C)C)cc1. The zero-order valence-electron chi connectivity index (χ0n) is 13.0. The molecule has 0 aliphatic carbocycles. The van der Waals surface area contributed by atoms with Gasteiger partial charge in [0.15, 0.2) is 5.82 Å². The number of hydrogen-bond donors (Lipinski definition) is 1. The quantitative estimate of drug-likeness (QED) is 0.932. The van der Waals surface area contributed by atoms with Crippen molar-refractivity contribution in [1.82, 2.24) is 15.0 Å². The Morgan fingerprint density at radius 2 is 1.75 bits per heavy atom. The molecular weight excluding hydrogens is 248 g/mol. The highest BCUT2D eigenvalue weighted by Crippen LogP contribution is 2.26. The molecule has 0 amide bonds. The highest BCUT2D eigenvalue weighted by atomic mass is 15.4. The number of nitrogens with two attached hydrogens (primary N) is 1. The van der Waals surface area contributed by atoms with E-state index in [-0.39, 0.29) is 5.41 Å². The lowest BCUT2D eigenvalue weighted by atomic mass is 9.91. The molecule has 1 aromatic heterocycles. The summed E-state index contributed by atoms with van der Waals surface area (Å²) in [5, 5.41) is 8.19. The van der Waals surface area contributed by atoms with Gasteiger partial charge in [-0.3, -0.25) is 0 Å². The van der Waals surface area contributed by atoms with Gasteiger partial charge in [-0.05, 0) is 17.0 Å². The lowest BCUT2D eigenvalue weighted by Gasteiger charge is -2.20. The Balaban J connectivity index is 2.27. The third-order valence-corrected chi connectivity index (χ3v) is 3.45. The molecule has 1 aromatic carbocycles. The van der Waals surface area contributed by atoms with Crippen molar-refractivity contribution in [3.05, 3.63) is 41.1 Å². The van der Waals surface area contributed by atoms with Gasteiger partial charge in [0.1, 0.15) is 0 Å². The van der Waals surface area contributed by atoms with E-state index in [2.05, 4.69) is 69.2 Å². The Kier molecular flexibility index (Phi) is 3.84. The first-order chi connectivity index (χ1) is 9.29. The van der Waals surface area contributed by atoms with Crippen molar-refractivity contribution in [3.8, 4) is 0 Å². The normalized spacial score (nSPS) is 12.1. The van der Waals surface area contributed by atoms with Gasteiger partial charge in [-0.25, -0.2) is 4.68 Å². The van der Waals surface area contributed by atoms with E-state index in [1.807, 2.05) is 4.68 Å². The average molecular weight is 272 g/mol. The van der Waals surface area contributed by atoms with Crippen LogP contribution in [0, 0.1) is 0 Å². The van der Waals surface area contributed by atoms with Crippen molar-refractivity contribution in [2.75, 3.05) is 5.73 Å². The second kappa shape index (κ2) is 5.27. The van der Waals surface area contributed by atoms with E-state index in [1.165, 1.54) is 11.1 Å². The fourth-order valence-electron chi connectivity index (χ4n) is 2.39. The summed E-state index contributed by atoms with van der Waals surface area (Å²) in [6, 6.07) is 8.66. The zero-order chi connectivity index (χ0) is 14.9. The molecule has 0 aliphatic rings. The highest BCUT2D eigenvalue weighted by Gasteiger charge is 2.24. The van der Waals surface area contributed by atoms with E-state index >= 15 is 0 Å². The molecule has 108 valence electrons. The van der Waals surface area contributed by atoms with Crippen LogP contribution in [0.2, 0.25) is 0 Å². The number of nitrogen functional groups attached to an aromatic ring is 1. The number of rotatable bonds is 3. The highest BCUT2D eigenvalue weighted by molar-refractivity contribution is 5.38. The van der Waals surface area contributed by atoms with Crippen molar-refractivity contribution in [1.29, 1.82) is 0 Å². The summed E-state index contributed by atoms with van der Waals surface area (Å²) in [5.74, 6) is 1.08. The van der Waals surface area contributed by atoms with Crippen LogP contribution in [-0.2, 0) is 12.0 Å². The molecule has 0 saturated heterocycles. The van der Waals surface area contributed by atoms with E-state index < -0.39 is 0 Å². The molecule has 0 bridgehead atoms. The van der Waals surface area contributed by atoms with Crippen molar-refractivity contribution in [2.24, 2.45) is 0 Å². The Morgan fingerprint density at radius 3 is 2.25 bits per heavy atom. The number of anilines is 1. The van der Waals surface area contributed by atoms with Crippen LogP contribution < -0.4 is 5.73 Å². The Morgan fingerprint density at radius 1 is 1.15 bits per heavy atom. The summed E-state index contributed by atoms with van der Waals surface area (Å²) < 4.78 is 1.90. The molecule has 0 saturated carbocycles. The van der Waals surface area contributed by atoms with Crippen LogP contribution in [0.5, 0.6) is 0 Å². The summed E-state index contributed by atoms with van der Waals surface area (Å²) in [6.45, 7) is 11.5. The Labute approximate surface area is 121 Å². The maximum atomic E-state index is 5.95. The fourth-order valence-corrected chi connectivity index (χ4v) is 2.39. The maximum absolute atomic E-state index is 5.95. The van der Waals surface area contributed by atoms with E-state index in [9.17, 15) is 0 Å². The summed E-state index contributed by atoms with van der Waals surface area (Å²) in [7, 11) is 0. The third kappa shape index (κ3) is 3.00. The molecular formula is C16H24N4. The smallest absolute Gasteiger partial charge is 0.169 e. The molecule has 2 rings (SSSR count). The van der Waals surface area contributed by atoms with Gasteiger partial charge in [-0.15, -0.1) is 5.10 Å². The lowest BCUT2D eigenvalue weighted by molar-refractivity contribution is 0.502. The first-order valence-electron chi connectivity index (χ1n) is 7.07. The molecule has 0 unspecified atom stereocenters. The van der Waals surface area contributed by atoms with Gasteiger partial charge in [0.2, 0.25) is 0 Å². The molecule has 2 aromatic rings. The summed E-state index contributed by atoms with van der Waals surface area (Å²) in [6.07, 6.45) is 0. The number of hydrogen-bond acceptors (Lipinski definition) is 3. The monoisotopic (exact) mass is 272 g/mol. The van der Waals surface area contributed by atoms with Gasteiger partial charge in [0.05, 0.1) is 12.2 Å². The summed E-state index contributed by atoms with van der Waals surface area (Å²) in [5.41, 5.74) is 9.44. The third-order valence-electron chi connectivity index (χ3n) is 3.45. The standard InChI is InChI=1S/C16H24N4/c1-11(2)13-8-6-12(7-9-13)10-20-14(16(3,4)5)15(17)18-19-20/h6-9,11H,10,17H2,1-5H3. The first-order valence-corrected chi connectivity index (χ1v) is 7.07. The van der Waals surface area contributed by atoms with Crippen LogP contribution in [-0.4, -0.2) is 15.0 Å². The molecule has 20 heavy (non-hydrogen) atoms. The second-order valence-corrected chi connectivity index (χ2v) is 6.63. The molecule has 0 spiro atoms. The first kappa shape index (κ1) is 14.6. The molecule has 1 heterocycles. The molecule has 0 atom stereocenters. The van der Waals surface area contributed by atoms with Gasteiger partial charge in [0.25, 0.3) is 0 Å². The van der Waals surface area contributed by atoms with Gasteiger partial charge in [-0.2, -0.15) is 0 Å². The van der Waals surface area contributed by atoms with E-state index in [1.54, 1.807) is 0 Å². The zero-order valence-corrected chi connectivity index (χ0v) is 13.0. The number of aromatic nitrogens is 3. The average Bonchev–Trinajstić information content (AvgIpc) is 2.70. The minimum Gasteiger partial charge on any atom is -0.381 e. The second-order valence-electron chi connectivity index (χ2n) is 6.63. The van der Waals surface area contributed by atoms with Gasteiger partial charge in [-0.1, -0.05) is 64.1 Å². The Bertz CT molecular complexity index is 574. The minimum atomic E-state index is -0.0640. The predicted octanol–water partition coefficient (Wildman–Crippen LogP) is 3.33. The van der Waals surface area contributed by atoms with Crippen LogP contribution in [0.15, 0.2) is 24.3 Å². The van der Waals surface area contributed by atoms with E-state index in [0.29, 0.717) is 18.3 Å². The number of benzene rings is 1. The van der Waals surface area contributed by atoms with Crippen molar-refractivity contribution >= 4 is 5.82 Å². The summed E-state index contributed by atoms with van der Waals surface area (Å²) in [4.78, 5) is 0. The molecule has 0 fully saturated rings. The maximum Gasteiger partial charge on any atom is 0.169 e. The minimum absolute atomic E-state index is 0.0640. The lowest BCUT2D eigenvalue weighted by Crippen LogP contribution is -2.20. The largest absolute Gasteiger partial charge is 0.381 e. The van der Waals surface area contributed by atoms with Gasteiger partial charge >= 0.3 is 0 Å². The van der Waals surface area contributed by atoms with E-state index in [0.717, 1.165) is 5.69 Å². The summed E-state index contributed by atoms with van der Waals surface area (Å²) >= 11 is 0. The van der Waals surface area contributed by atoms with Gasteiger partial charge < -0.3 is 5.73 Å². The van der Waals surface area contributed by atoms with Gasteiger partial charge in [0, 0.05) is 5.41 Å². The van der Waals surface area contributed by atoms with Crippen molar-refractivity contribution in [2.45, 2.75) is 52.5 Å². The fraction of sp³-hybridized carbons (Fsp3) is 0.500. The van der Waals surface area contributed by atoms with Crippen LogP contribution in [0.4, 0.5) is 5.82 Å². The van der Waals surface area contributed by atoms with Crippen LogP contribution in [0.25, 0.3) is 0 Å². The number of nitrogens with zero attached hydrogens (tertiary/aromatic N) is 3. The molecule has 0 radical (unpaired) electrons. The van der Waals surface area contributed by atoms with E-state index in [4.69, 9.17) is 5.73 Å². The molecule has 2 N–H and O–H groups in total.